The van der Waals surface area contributed by atoms with Gasteiger partial charge in [0.1, 0.15) is 0 Å². The number of carboxylic acids is 1. The molecule has 22 heavy (non-hydrogen) atoms. The molecule has 2 atom stereocenters. The van der Waals surface area contributed by atoms with E-state index in [9.17, 15) is 19.1 Å². The standard InChI is InChI=1S/C15H20FNO5/c1-4-11(22-12-8-6-5-7-10(12)16)13(18)17-15(2,9-21-3)14(19)20/h5-8,11H,4,9H2,1-3H3,(H,17,18)(H,19,20). The monoisotopic (exact) mass is 313 g/mol. The van der Waals surface area contributed by atoms with Crippen LogP contribution in [-0.2, 0) is 14.3 Å². The first-order valence-corrected chi connectivity index (χ1v) is 6.79. The Kier molecular flexibility index (Phi) is 6.30. The van der Waals surface area contributed by atoms with Gasteiger partial charge in [0.15, 0.2) is 23.2 Å². The predicted molar refractivity (Wildman–Crippen MR) is 77.2 cm³/mol. The average molecular weight is 313 g/mol. The molecule has 6 nitrogen and oxygen atoms in total. The number of benzene rings is 1. The highest BCUT2D eigenvalue weighted by atomic mass is 19.1. The number of carbonyl (C=O) groups is 2. The molecule has 1 amide bonds. The minimum atomic E-state index is -1.59. The van der Waals surface area contributed by atoms with Crippen LogP contribution in [0.25, 0.3) is 0 Å². The maximum Gasteiger partial charge on any atom is 0.331 e. The van der Waals surface area contributed by atoms with Crippen LogP contribution in [0.15, 0.2) is 24.3 Å². The summed E-state index contributed by atoms with van der Waals surface area (Å²) in [5, 5.41) is 11.6. The van der Waals surface area contributed by atoms with Gasteiger partial charge in [-0.3, -0.25) is 4.79 Å². The highest BCUT2D eigenvalue weighted by molar-refractivity contribution is 5.89. The second-order valence-corrected chi connectivity index (χ2v) is 5.00. The lowest BCUT2D eigenvalue weighted by Gasteiger charge is -2.27. The van der Waals surface area contributed by atoms with Crippen molar-refractivity contribution in [1.82, 2.24) is 5.32 Å². The van der Waals surface area contributed by atoms with Crippen molar-refractivity contribution in [3.63, 3.8) is 0 Å². The summed E-state index contributed by atoms with van der Waals surface area (Å²) in [5.41, 5.74) is -1.59. The van der Waals surface area contributed by atoms with E-state index in [2.05, 4.69) is 5.32 Å². The highest BCUT2D eigenvalue weighted by Crippen LogP contribution is 2.18. The van der Waals surface area contributed by atoms with Crippen molar-refractivity contribution in [3.8, 4) is 5.75 Å². The van der Waals surface area contributed by atoms with Gasteiger partial charge in [-0.15, -0.1) is 0 Å². The zero-order chi connectivity index (χ0) is 16.8. The van der Waals surface area contributed by atoms with Gasteiger partial charge in [0, 0.05) is 7.11 Å². The number of aliphatic carboxylic acids is 1. The van der Waals surface area contributed by atoms with Crippen molar-refractivity contribution in [2.45, 2.75) is 31.9 Å². The van der Waals surface area contributed by atoms with E-state index in [4.69, 9.17) is 9.47 Å². The molecule has 0 fully saturated rings. The minimum Gasteiger partial charge on any atom is -0.479 e. The Labute approximate surface area is 128 Å². The lowest BCUT2D eigenvalue weighted by Crippen LogP contribution is -2.58. The lowest BCUT2D eigenvalue weighted by atomic mass is 10.0. The summed E-state index contributed by atoms with van der Waals surface area (Å²) >= 11 is 0. The van der Waals surface area contributed by atoms with Crippen molar-refractivity contribution in [2.24, 2.45) is 0 Å². The Morgan fingerprint density at radius 1 is 1.41 bits per heavy atom. The first-order valence-electron chi connectivity index (χ1n) is 6.79. The molecule has 7 heteroatoms. The molecule has 0 bridgehead atoms. The number of ether oxygens (including phenoxy) is 2. The minimum absolute atomic E-state index is 0.0618. The molecule has 0 aliphatic heterocycles. The van der Waals surface area contributed by atoms with Crippen LogP contribution < -0.4 is 10.1 Å². The number of carboxylic acid groups (broad SMARTS) is 1. The van der Waals surface area contributed by atoms with Crippen LogP contribution in [0.3, 0.4) is 0 Å². The van der Waals surface area contributed by atoms with Crippen molar-refractivity contribution in [3.05, 3.63) is 30.1 Å². The molecule has 1 rings (SSSR count). The number of amides is 1. The van der Waals surface area contributed by atoms with E-state index in [1.807, 2.05) is 0 Å². The highest BCUT2D eigenvalue weighted by Gasteiger charge is 2.37. The topological polar surface area (TPSA) is 84.9 Å². The van der Waals surface area contributed by atoms with Crippen LogP contribution in [0, 0.1) is 5.82 Å². The Hall–Kier alpha value is -2.15. The zero-order valence-corrected chi connectivity index (χ0v) is 12.8. The van der Waals surface area contributed by atoms with Crippen LogP contribution in [-0.4, -0.2) is 42.3 Å². The fourth-order valence-electron chi connectivity index (χ4n) is 1.81. The normalized spacial score (nSPS) is 14.7. The zero-order valence-electron chi connectivity index (χ0n) is 12.8. The van der Waals surface area contributed by atoms with Gasteiger partial charge in [-0.25, -0.2) is 9.18 Å². The number of hydrogen-bond acceptors (Lipinski definition) is 4. The average Bonchev–Trinajstić information content (AvgIpc) is 2.46. The molecule has 122 valence electrons. The molecule has 0 aromatic heterocycles. The van der Waals surface area contributed by atoms with Crippen LogP contribution in [0.1, 0.15) is 20.3 Å². The number of rotatable bonds is 8. The lowest BCUT2D eigenvalue weighted by molar-refractivity contribution is -0.150. The second-order valence-electron chi connectivity index (χ2n) is 5.00. The van der Waals surface area contributed by atoms with E-state index >= 15 is 0 Å². The van der Waals surface area contributed by atoms with E-state index in [-0.39, 0.29) is 18.8 Å². The van der Waals surface area contributed by atoms with Gasteiger partial charge in [-0.1, -0.05) is 19.1 Å². The maximum atomic E-state index is 13.6. The first-order chi connectivity index (χ1) is 10.3. The van der Waals surface area contributed by atoms with Crippen LogP contribution >= 0.6 is 0 Å². The van der Waals surface area contributed by atoms with Gasteiger partial charge in [-0.2, -0.15) is 0 Å². The number of methoxy groups -OCH3 is 1. The summed E-state index contributed by atoms with van der Waals surface area (Å²) in [6.07, 6.45) is -0.754. The third-order valence-corrected chi connectivity index (χ3v) is 3.07. The Balaban J connectivity index is 2.84. The molecule has 0 spiro atoms. The Morgan fingerprint density at radius 3 is 2.55 bits per heavy atom. The number of nitrogens with one attached hydrogen (secondary N) is 1. The summed E-state index contributed by atoms with van der Waals surface area (Å²) in [6, 6.07) is 5.70. The third kappa shape index (κ3) is 4.42. The van der Waals surface area contributed by atoms with E-state index in [1.54, 1.807) is 13.0 Å². The predicted octanol–water partition coefficient (Wildman–Crippen LogP) is 1.59. The number of hydrogen-bond donors (Lipinski definition) is 2. The molecular weight excluding hydrogens is 293 g/mol. The molecule has 1 aromatic carbocycles. The van der Waals surface area contributed by atoms with Gasteiger partial charge in [0.05, 0.1) is 6.61 Å². The molecular formula is C15H20FNO5. The van der Waals surface area contributed by atoms with Gasteiger partial charge in [0.2, 0.25) is 0 Å². The molecule has 0 radical (unpaired) electrons. The third-order valence-electron chi connectivity index (χ3n) is 3.07. The van der Waals surface area contributed by atoms with Crippen molar-refractivity contribution >= 4 is 11.9 Å². The SMILES string of the molecule is CCC(Oc1ccccc1F)C(=O)NC(C)(COC)C(=O)O. The molecule has 2 unspecified atom stereocenters. The fourth-order valence-corrected chi connectivity index (χ4v) is 1.81. The largest absolute Gasteiger partial charge is 0.479 e. The number of carbonyl (C=O) groups excluding carboxylic acids is 1. The molecule has 1 aromatic rings. The van der Waals surface area contributed by atoms with Crippen LogP contribution in [0.5, 0.6) is 5.75 Å². The van der Waals surface area contributed by atoms with Gasteiger partial charge in [-0.05, 0) is 25.5 Å². The molecule has 0 heterocycles. The van der Waals surface area contributed by atoms with E-state index in [1.165, 1.54) is 32.2 Å². The smallest absolute Gasteiger partial charge is 0.331 e. The second kappa shape index (κ2) is 7.74. The van der Waals surface area contributed by atoms with Gasteiger partial charge < -0.3 is 19.9 Å². The quantitative estimate of drug-likeness (QED) is 0.761. The van der Waals surface area contributed by atoms with Crippen molar-refractivity contribution in [1.29, 1.82) is 0 Å². The summed E-state index contributed by atoms with van der Waals surface area (Å²) in [5.74, 6) is -2.53. The molecule has 0 aliphatic carbocycles. The van der Waals surface area contributed by atoms with E-state index in [0.717, 1.165) is 0 Å². The van der Waals surface area contributed by atoms with Gasteiger partial charge >= 0.3 is 5.97 Å². The van der Waals surface area contributed by atoms with Crippen molar-refractivity contribution < 1.29 is 28.6 Å². The Morgan fingerprint density at radius 2 is 2.05 bits per heavy atom. The molecule has 2 N–H and O–H groups in total. The summed E-state index contributed by atoms with van der Waals surface area (Å²) in [7, 11) is 1.33. The van der Waals surface area contributed by atoms with Gasteiger partial charge in [0.25, 0.3) is 5.91 Å². The Bertz CT molecular complexity index is 536. The van der Waals surface area contributed by atoms with Crippen LogP contribution in [0.4, 0.5) is 4.39 Å². The summed E-state index contributed by atoms with van der Waals surface area (Å²) in [6.45, 7) is 2.80. The fraction of sp³-hybridized carbons (Fsp3) is 0.467. The maximum absolute atomic E-state index is 13.6. The van der Waals surface area contributed by atoms with E-state index in [0.29, 0.717) is 0 Å². The first kappa shape index (κ1) is 17.9. The number of para-hydroxylation sites is 1. The molecule has 0 aliphatic rings. The number of halogens is 1. The van der Waals surface area contributed by atoms with Crippen LogP contribution in [0.2, 0.25) is 0 Å². The summed E-state index contributed by atoms with van der Waals surface area (Å²) < 4.78 is 23.7. The molecule has 0 saturated heterocycles. The van der Waals surface area contributed by atoms with Crippen molar-refractivity contribution in [2.75, 3.05) is 13.7 Å². The molecule has 0 saturated carbocycles. The summed E-state index contributed by atoms with van der Waals surface area (Å²) in [4.78, 5) is 23.5. The van der Waals surface area contributed by atoms with E-state index < -0.39 is 29.3 Å².